The number of aromatic nitrogens is 7. The van der Waals surface area contributed by atoms with Crippen LogP contribution in [0.15, 0.2) is 389 Å². The fourth-order valence-corrected chi connectivity index (χ4v) is 22.1. The van der Waals surface area contributed by atoms with Gasteiger partial charge in [0.25, 0.3) is 0 Å². The van der Waals surface area contributed by atoms with Crippen molar-refractivity contribution in [1.29, 1.82) is 0 Å². The average Bonchev–Trinajstić information content (AvgIpc) is 1.53. The second kappa shape index (κ2) is 30.2. The molecule has 0 spiro atoms. The first-order valence-electron chi connectivity index (χ1n) is 44.7. The van der Waals surface area contributed by atoms with Gasteiger partial charge in [0.15, 0.2) is 29.1 Å². The van der Waals surface area contributed by atoms with Crippen LogP contribution in [-0.2, 0) is 16.2 Å². The average molecular weight is 1720 g/mol. The van der Waals surface area contributed by atoms with Crippen LogP contribution in [0.1, 0.15) is 74.9 Å². The van der Waals surface area contributed by atoms with Crippen LogP contribution >= 0.6 is 11.3 Å². The van der Waals surface area contributed by atoms with Crippen molar-refractivity contribution in [3.63, 3.8) is 0 Å². The summed E-state index contributed by atoms with van der Waals surface area (Å²) < 4.78 is 35.0. The molecule has 626 valence electrons. The Balaban J connectivity index is 0.000000107. The van der Waals surface area contributed by atoms with Gasteiger partial charge in [-0.1, -0.05) is 333 Å². The molecule has 0 radical (unpaired) electrons. The van der Waals surface area contributed by atoms with E-state index in [9.17, 15) is 4.39 Å². The van der Waals surface area contributed by atoms with E-state index < -0.39 is 0 Å². The van der Waals surface area contributed by atoms with Gasteiger partial charge < -0.3 is 13.3 Å². The molecule has 0 N–H and O–H groups in total. The summed E-state index contributed by atoms with van der Waals surface area (Å²) in [6.07, 6.45) is 0. The Morgan fingerprint density at radius 3 is 1.20 bits per heavy atom. The second-order valence-corrected chi connectivity index (χ2v) is 37.2. The van der Waals surface area contributed by atoms with Crippen LogP contribution in [0.2, 0.25) is 0 Å². The molecular weight excluding hydrogens is 1640 g/mol. The Hall–Kier alpha value is -16.3. The number of halogens is 1. The Bertz CT molecular complexity index is 8820. The van der Waals surface area contributed by atoms with Crippen LogP contribution in [0.25, 0.3) is 232 Å². The van der Waals surface area contributed by atoms with Gasteiger partial charge >= 0.3 is 0 Å². The highest BCUT2D eigenvalue weighted by atomic mass is 32.1. The minimum absolute atomic E-state index is 0.174. The van der Waals surface area contributed by atoms with E-state index in [0.717, 1.165) is 144 Å². The van der Waals surface area contributed by atoms with E-state index in [-0.39, 0.29) is 22.1 Å². The maximum absolute atomic E-state index is 13.9. The van der Waals surface area contributed by atoms with E-state index >= 15 is 0 Å². The van der Waals surface area contributed by atoms with E-state index in [1.807, 2.05) is 84.9 Å². The van der Waals surface area contributed by atoms with Gasteiger partial charge in [0.2, 0.25) is 0 Å². The van der Waals surface area contributed by atoms with Crippen molar-refractivity contribution < 1.29 is 17.6 Å². The summed E-state index contributed by atoms with van der Waals surface area (Å²) >= 11 is 1.77. The molecule has 0 fully saturated rings. The maximum Gasteiger partial charge on any atom is 0.164 e. The van der Waals surface area contributed by atoms with Crippen LogP contribution in [0.5, 0.6) is 0 Å². The Morgan fingerprint density at radius 2 is 0.644 bits per heavy atom. The van der Waals surface area contributed by atoms with Crippen molar-refractivity contribution in [2.75, 3.05) is 0 Å². The molecule has 0 aliphatic heterocycles. The summed E-state index contributed by atoms with van der Waals surface area (Å²) in [4.78, 5) is 35.4. The van der Waals surface area contributed by atoms with Crippen LogP contribution in [0.4, 0.5) is 4.39 Å². The summed E-state index contributed by atoms with van der Waals surface area (Å²) in [5.74, 6) is 2.82. The number of para-hydroxylation sites is 3. The molecule has 0 unspecified atom stereocenters. The molecule has 0 saturated heterocycles. The predicted octanol–water partition coefficient (Wildman–Crippen LogP) is 32.1. The van der Waals surface area contributed by atoms with E-state index in [1.54, 1.807) is 23.5 Å². The zero-order valence-electron chi connectivity index (χ0n) is 72.9. The first-order chi connectivity index (χ1) is 64.6. The quantitative estimate of drug-likeness (QED) is 0.138. The molecule has 10 nitrogen and oxygen atoms in total. The fourth-order valence-electron chi connectivity index (χ4n) is 21.0. The standard InChI is InChI=1S/C43H28N2OS.C40H26FN3O.C37H26N2O/c1-43(2)32-23-24-34-37(29-13-6-8-17-33(29)46-34)36(32)31-16-10-15-28(38(31)43)25-19-21-26(22-20-25)39-41-40(30-14-7-9-18-35(30)47-41)45-42(44-39)27-11-4-3-5-12-27;1-40(2)31-20-21-34-36(30-11-5-6-13-33(30)45-34)35(31)29-19-16-25(22-32(29)40)38-42-37(24-14-17-26(41)18-15-24)43-39(44-38)28-12-7-9-23-8-3-4-10-27(23)28;1-37(2)28-19-20-33-35(27-15-9-10-16-32(27)40-33)34(28)26-18-17-25(21-29(26)37)36-38-30(23-11-5-3-6-12-23)22-31(39-36)24-13-7-4-8-14-24/h3-24H,1-2H3;3-22H,1-2H3;3-22H,1-2H3. The molecule has 0 bridgehead atoms. The van der Waals surface area contributed by atoms with E-state index in [4.69, 9.17) is 48.1 Å². The van der Waals surface area contributed by atoms with Crippen LogP contribution in [-0.4, -0.2) is 34.9 Å². The lowest BCUT2D eigenvalue weighted by atomic mass is 9.78. The highest BCUT2D eigenvalue weighted by molar-refractivity contribution is 7.26. The minimum Gasteiger partial charge on any atom is -0.456 e. The zero-order chi connectivity index (χ0) is 88.4. The lowest BCUT2D eigenvalue weighted by Crippen LogP contribution is -2.16. The third-order valence-electron chi connectivity index (χ3n) is 27.4. The summed E-state index contributed by atoms with van der Waals surface area (Å²) in [7, 11) is 0. The maximum atomic E-state index is 13.9. The number of thiophene rings is 1. The topological polar surface area (TPSA) is 130 Å². The summed E-state index contributed by atoms with van der Waals surface area (Å²) in [6, 6.07) is 129. The molecule has 7 aromatic heterocycles. The van der Waals surface area contributed by atoms with Crippen molar-refractivity contribution in [1.82, 2.24) is 34.9 Å². The monoisotopic (exact) mass is 1720 g/mol. The number of rotatable bonds is 9. The Labute approximate surface area is 763 Å². The van der Waals surface area contributed by atoms with E-state index in [2.05, 4.69) is 308 Å². The van der Waals surface area contributed by atoms with E-state index in [1.165, 1.54) is 116 Å². The summed E-state index contributed by atoms with van der Waals surface area (Å²) in [5, 5.41) is 10.4. The summed E-state index contributed by atoms with van der Waals surface area (Å²) in [6.45, 7) is 13.9. The molecule has 3 aliphatic carbocycles. The molecular formula is C120H80FN7O3S. The molecule has 27 rings (SSSR count). The number of hydrogen-bond acceptors (Lipinski definition) is 11. The lowest BCUT2D eigenvalue weighted by molar-refractivity contribution is 0.628. The minimum atomic E-state index is -0.303. The third kappa shape index (κ3) is 12.5. The van der Waals surface area contributed by atoms with Crippen molar-refractivity contribution in [2.45, 2.75) is 57.8 Å². The van der Waals surface area contributed by atoms with Crippen molar-refractivity contribution in [3.8, 4) is 135 Å². The second-order valence-electron chi connectivity index (χ2n) is 36.2. The number of fused-ring (bicyclic) bond motifs is 25. The van der Waals surface area contributed by atoms with Crippen molar-refractivity contribution in [3.05, 3.63) is 415 Å². The highest BCUT2D eigenvalue weighted by Gasteiger charge is 2.42. The lowest BCUT2D eigenvalue weighted by Gasteiger charge is -2.24. The van der Waals surface area contributed by atoms with Crippen LogP contribution in [0.3, 0.4) is 0 Å². The Kier molecular flexibility index (Phi) is 17.8. The van der Waals surface area contributed by atoms with Gasteiger partial charge in [-0.25, -0.2) is 39.3 Å². The first-order valence-corrected chi connectivity index (χ1v) is 45.6. The smallest absolute Gasteiger partial charge is 0.164 e. The molecule has 132 heavy (non-hydrogen) atoms. The number of nitrogens with zero attached hydrogens (tertiary/aromatic N) is 7. The largest absolute Gasteiger partial charge is 0.456 e. The molecule has 24 aromatic rings. The first kappa shape index (κ1) is 78.0. The summed E-state index contributed by atoms with van der Waals surface area (Å²) in [5.41, 5.74) is 34.3. The molecule has 0 amide bonds. The number of furan rings is 3. The third-order valence-corrected chi connectivity index (χ3v) is 28.6. The van der Waals surface area contributed by atoms with Crippen molar-refractivity contribution in [2.24, 2.45) is 0 Å². The van der Waals surface area contributed by atoms with Crippen LogP contribution in [0, 0.1) is 5.82 Å². The highest BCUT2D eigenvalue weighted by Crippen LogP contribution is 2.59. The fraction of sp³-hybridized carbons (Fsp3) is 0.0750. The van der Waals surface area contributed by atoms with Gasteiger partial charge in [0, 0.05) is 103 Å². The zero-order valence-corrected chi connectivity index (χ0v) is 73.8. The van der Waals surface area contributed by atoms with Gasteiger partial charge in [-0.15, -0.1) is 11.3 Å². The van der Waals surface area contributed by atoms with Gasteiger partial charge in [0.1, 0.15) is 39.3 Å². The van der Waals surface area contributed by atoms with Gasteiger partial charge in [-0.3, -0.25) is 0 Å². The van der Waals surface area contributed by atoms with Crippen LogP contribution < -0.4 is 0 Å². The normalized spacial score (nSPS) is 13.4. The molecule has 17 aromatic carbocycles. The van der Waals surface area contributed by atoms with Gasteiger partial charge in [0.05, 0.1) is 27.3 Å². The van der Waals surface area contributed by atoms with Gasteiger partial charge in [-0.2, -0.15) is 0 Å². The number of hydrogen-bond donors (Lipinski definition) is 0. The number of benzene rings is 17. The molecule has 12 heteroatoms. The molecule has 0 atom stereocenters. The molecule has 7 heterocycles. The molecule has 3 aliphatic rings. The van der Waals surface area contributed by atoms with Gasteiger partial charge in [-0.05, 0) is 174 Å². The predicted molar refractivity (Wildman–Crippen MR) is 538 cm³/mol. The van der Waals surface area contributed by atoms with Crippen molar-refractivity contribution >= 4 is 108 Å². The SMILES string of the molecule is CC1(C)c2cc(-c3nc(-c4ccc(F)cc4)nc(-c4cccc5ccccc45)n3)ccc2-c2c1ccc1oc3ccccc3c21.CC1(C)c2cc(-c3nc(-c4ccccc4)cc(-c4ccccc4)n3)ccc2-c2c1ccc1oc3ccccc3c21.CC1(C)c2ccc3oc4ccccc4c3c2-c2cccc(-c3ccc(-c4nc(-c5ccccc5)nc5c4sc4ccccc45)cc3)c21. The van der Waals surface area contributed by atoms with E-state index in [0.29, 0.717) is 17.5 Å². The molecule has 0 saturated carbocycles. The Morgan fingerprint density at radius 1 is 0.250 bits per heavy atom.